The molecule has 13 heavy (non-hydrogen) atoms. The minimum Gasteiger partial charge on any atom is -0.423 e. The standard InChI is InChI=1S/C10H17BO2/c1-9(2)7-4-5-10(9,3)8(6-7)11(12)13/h6-7,12-13H,4-5H2,1-3H3/t7-,10+/m1/s1. The minimum absolute atomic E-state index is 0.00579. The molecule has 2 aliphatic rings. The monoisotopic (exact) mass is 180 g/mol. The van der Waals surface area contributed by atoms with E-state index in [0.717, 1.165) is 11.9 Å². The van der Waals surface area contributed by atoms with Crippen molar-refractivity contribution in [2.45, 2.75) is 33.6 Å². The van der Waals surface area contributed by atoms with Crippen molar-refractivity contribution in [1.82, 2.24) is 0 Å². The lowest BCUT2D eigenvalue weighted by molar-refractivity contribution is 0.172. The highest BCUT2D eigenvalue weighted by atomic mass is 16.4. The summed E-state index contributed by atoms with van der Waals surface area (Å²) in [6.45, 7) is 6.62. The van der Waals surface area contributed by atoms with E-state index in [9.17, 15) is 10.0 Å². The van der Waals surface area contributed by atoms with E-state index < -0.39 is 7.12 Å². The summed E-state index contributed by atoms with van der Waals surface area (Å²) in [5.41, 5.74) is 1.05. The van der Waals surface area contributed by atoms with Crippen LogP contribution in [0.5, 0.6) is 0 Å². The summed E-state index contributed by atoms with van der Waals surface area (Å²) < 4.78 is 0. The molecule has 72 valence electrons. The first-order valence-corrected chi connectivity index (χ1v) is 4.98. The van der Waals surface area contributed by atoms with Crippen LogP contribution in [-0.2, 0) is 0 Å². The van der Waals surface area contributed by atoms with Crippen molar-refractivity contribution in [3.63, 3.8) is 0 Å². The summed E-state index contributed by atoms with van der Waals surface area (Å²) in [5.74, 6) is 0.536. The van der Waals surface area contributed by atoms with Crippen molar-refractivity contribution in [2.75, 3.05) is 0 Å². The second-order valence-corrected chi connectivity index (χ2v) is 5.19. The van der Waals surface area contributed by atoms with Crippen molar-refractivity contribution in [2.24, 2.45) is 16.7 Å². The first-order chi connectivity index (χ1) is 5.89. The highest BCUT2D eigenvalue weighted by Crippen LogP contribution is 2.65. The molecule has 0 unspecified atom stereocenters. The smallest absolute Gasteiger partial charge is 0.423 e. The Morgan fingerprint density at radius 1 is 1.38 bits per heavy atom. The Morgan fingerprint density at radius 3 is 2.23 bits per heavy atom. The van der Waals surface area contributed by atoms with E-state index in [-0.39, 0.29) is 10.8 Å². The van der Waals surface area contributed by atoms with Crippen LogP contribution in [0.4, 0.5) is 0 Å². The average molecular weight is 180 g/mol. The molecular formula is C10H17BO2. The summed E-state index contributed by atoms with van der Waals surface area (Å²) in [6, 6.07) is 0. The van der Waals surface area contributed by atoms with E-state index in [2.05, 4.69) is 26.8 Å². The number of hydrogen-bond donors (Lipinski definition) is 2. The number of hydrogen-bond acceptors (Lipinski definition) is 2. The van der Waals surface area contributed by atoms with Gasteiger partial charge in [0, 0.05) is 0 Å². The number of rotatable bonds is 1. The van der Waals surface area contributed by atoms with Crippen LogP contribution in [0.3, 0.4) is 0 Å². The van der Waals surface area contributed by atoms with Gasteiger partial charge in [0.05, 0.1) is 0 Å². The zero-order valence-corrected chi connectivity index (χ0v) is 8.54. The predicted molar refractivity (Wildman–Crippen MR) is 52.9 cm³/mol. The maximum Gasteiger partial charge on any atom is 0.484 e. The largest absolute Gasteiger partial charge is 0.484 e. The second-order valence-electron chi connectivity index (χ2n) is 5.19. The lowest BCUT2D eigenvalue weighted by atomic mass is 9.58. The lowest BCUT2D eigenvalue weighted by Crippen LogP contribution is -2.35. The van der Waals surface area contributed by atoms with Crippen LogP contribution in [0.25, 0.3) is 0 Å². The van der Waals surface area contributed by atoms with Crippen molar-refractivity contribution in [1.29, 1.82) is 0 Å². The van der Waals surface area contributed by atoms with E-state index in [1.54, 1.807) is 0 Å². The molecule has 2 N–H and O–H groups in total. The van der Waals surface area contributed by atoms with Crippen LogP contribution in [0.2, 0.25) is 0 Å². The van der Waals surface area contributed by atoms with Crippen LogP contribution >= 0.6 is 0 Å². The van der Waals surface area contributed by atoms with Gasteiger partial charge in [0.2, 0.25) is 0 Å². The van der Waals surface area contributed by atoms with E-state index in [4.69, 9.17) is 0 Å². The number of fused-ring (bicyclic) bond motifs is 2. The molecule has 3 heteroatoms. The molecule has 2 atom stereocenters. The summed E-state index contributed by atoms with van der Waals surface area (Å²) in [4.78, 5) is 0. The fourth-order valence-electron chi connectivity index (χ4n) is 3.12. The van der Waals surface area contributed by atoms with Gasteiger partial charge in [-0.2, -0.15) is 0 Å². The molecule has 2 nitrogen and oxygen atoms in total. The lowest BCUT2D eigenvalue weighted by Gasteiger charge is -2.37. The topological polar surface area (TPSA) is 40.5 Å². The molecule has 2 aliphatic carbocycles. The zero-order valence-electron chi connectivity index (χ0n) is 8.54. The Kier molecular flexibility index (Phi) is 1.71. The normalized spacial score (nSPS) is 40.7. The zero-order chi connectivity index (χ0) is 9.85. The van der Waals surface area contributed by atoms with Gasteiger partial charge < -0.3 is 10.0 Å². The van der Waals surface area contributed by atoms with Gasteiger partial charge in [-0.05, 0) is 35.1 Å². The Labute approximate surface area is 79.8 Å². The minimum atomic E-state index is -1.26. The van der Waals surface area contributed by atoms with Gasteiger partial charge in [-0.3, -0.25) is 0 Å². The summed E-state index contributed by atoms with van der Waals surface area (Å²) in [6.07, 6.45) is 4.36. The molecule has 2 rings (SSSR count). The fourth-order valence-corrected chi connectivity index (χ4v) is 3.12. The Balaban J connectivity index is 2.43. The van der Waals surface area contributed by atoms with Crippen molar-refractivity contribution >= 4 is 7.12 Å². The van der Waals surface area contributed by atoms with Crippen molar-refractivity contribution < 1.29 is 10.0 Å². The molecule has 1 saturated carbocycles. The summed E-state index contributed by atoms with van der Waals surface area (Å²) in [7, 11) is -1.26. The van der Waals surface area contributed by atoms with Crippen LogP contribution in [0, 0.1) is 16.7 Å². The summed E-state index contributed by atoms with van der Waals surface area (Å²) >= 11 is 0. The quantitative estimate of drug-likeness (QED) is 0.598. The third-order valence-corrected chi connectivity index (χ3v) is 4.60. The van der Waals surface area contributed by atoms with E-state index in [1.165, 1.54) is 6.42 Å². The molecule has 0 aromatic heterocycles. The Hall–Kier alpha value is -0.275. The van der Waals surface area contributed by atoms with Crippen molar-refractivity contribution in [3.8, 4) is 0 Å². The van der Waals surface area contributed by atoms with E-state index in [1.807, 2.05) is 0 Å². The molecule has 0 spiro atoms. The molecule has 0 radical (unpaired) electrons. The Morgan fingerprint density at radius 2 is 2.00 bits per heavy atom. The number of allylic oxidation sites excluding steroid dienone is 2. The van der Waals surface area contributed by atoms with E-state index >= 15 is 0 Å². The fraction of sp³-hybridized carbons (Fsp3) is 0.800. The van der Waals surface area contributed by atoms with Crippen LogP contribution < -0.4 is 0 Å². The maximum atomic E-state index is 9.26. The van der Waals surface area contributed by atoms with Gasteiger partial charge in [-0.1, -0.05) is 26.8 Å². The van der Waals surface area contributed by atoms with Gasteiger partial charge in [0.15, 0.2) is 0 Å². The predicted octanol–water partition coefficient (Wildman–Crippen LogP) is 1.38. The van der Waals surface area contributed by atoms with E-state index in [0.29, 0.717) is 5.92 Å². The molecule has 0 heterocycles. The molecular weight excluding hydrogens is 163 g/mol. The van der Waals surface area contributed by atoms with Gasteiger partial charge in [0.1, 0.15) is 0 Å². The van der Waals surface area contributed by atoms with Gasteiger partial charge in [0.25, 0.3) is 0 Å². The molecule has 0 saturated heterocycles. The van der Waals surface area contributed by atoms with Crippen molar-refractivity contribution in [3.05, 3.63) is 11.5 Å². The molecule has 0 aromatic rings. The van der Waals surface area contributed by atoms with Gasteiger partial charge in [-0.25, -0.2) is 0 Å². The van der Waals surface area contributed by atoms with Crippen LogP contribution in [-0.4, -0.2) is 17.2 Å². The highest BCUT2D eigenvalue weighted by molar-refractivity contribution is 6.51. The van der Waals surface area contributed by atoms with Gasteiger partial charge in [-0.15, -0.1) is 0 Å². The first kappa shape index (κ1) is 9.29. The molecule has 0 aliphatic heterocycles. The third-order valence-electron chi connectivity index (χ3n) is 4.60. The molecule has 2 bridgehead atoms. The molecule has 0 amide bonds. The summed E-state index contributed by atoms with van der Waals surface area (Å²) in [5, 5.41) is 18.5. The highest BCUT2D eigenvalue weighted by Gasteiger charge is 2.58. The second kappa shape index (κ2) is 2.40. The Bertz CT molecular complexity index is 270. The van der Waals surface area contributed by atoms with Crippen LogP contribution in [0.15, 0.2) is 11.5 Å². The van der Waals surface area contributed by atoms with Gasteiger partial charge >= 0.3 is 7.12 Å². The average Bonchev–Trinajstić information content (AvgIpc) is 2.34. The van der Waals surface area contributed by atoms with Crippen LogP contribution in [0.1, 0.15) is 33.6 Å². The molecule has 1 fully saturated rings. The first-order valence-electron chi connectivity index (χ1n) is 4.98. The SMILES string of the molecule is CC1(C)[C@H]2C=C(B(O)O)[C@]1(C)CC2. The third kappa shape index (κ3) is 0.920. The molecule has 0 aromatic carbocycles. The maximum absolute atomic E-state index is 9.26.